The van der Waals surface area contributed by atoms with Crippen LogP contribution in [0.25, 0.3) is 0 Å². The van der Waals surface area contributed by atoms with Gasteiger partial charge < -0.3 is 24.8 Å². The van der Waals surface area contributed by atoms with Gasteiger partial charge in [-0.25, -0.2) is 0 Å². The number of Topliss-reactive ketones (excluding diaryl/α,β-unsaturated/α-hetero) is 1. The molecule has 0 bridgehead atoms. The minimum Gasteiger partial charge on any atom is -0.490 e. The van der Waals surface area contributed by atoms with Crippen molar-refractivity contribution in [1.82, 2.24) is 4.90 Å². The van der Waals surface area contributed by atoms with Gasteiger partial charge in [-0.15, -0.1) is 0 Å². The van der Waals surface area contributed by atoms with Gasteiger partial charge in [0.05, 0.1) is 19.8 Å². The summed E-state index contributed by atoms with van der Waals surface area (Å²) in [5.74, 6) is 1.02. The van der Waals surface area contributed by atoms with Crippen LogP contribution in [-0.4, -0.2) is 62.5 Å². The van der Waals surface area contributed by atoms with Crippen molar-refractivity contribution in [3.63, 3.8) is 0 Å². The van der Waals surface area contributed by atoms with Crippen molar-refractivity contribution < 1.29 is 19.0 Å². The first-order chi connectivity index (χ1) is 13.0. The maximum absolute atomic E-state index is 12.0. The molecule has 0 saturated carbocycles. The number of likely N-dealkylation sites (tertiary alicyclic amines) is 1. The highest BCUT2D eigenvalue weighted by Gasteiger charge is 2.20. The highest BCUT2D eigenvalue weighted by atomic mass is 16.5. The van der Waals surface area contributed by atoms with Gasteiger partial charge in [0.25, 0.3) is 0 Å². The lowest BCUT2D eigenvalue weighted by Crippen LogP contribution is -2.40. The number of nitrogens with zero attached hydrogens (tertiary/aromatic N) is 1. The fourth-order valence-electron chi connectivity index (χ4n) is 3.06. The first kappa shape index (κ1) is 21.8. The maximum Gasteiger partial charge on any atom is 0.165 e. The molecule has 1 fully saturated rings. The molecule has 1 atom stereocenters. The van der Waals surface area contributed by atoms with Crippen LogP contribution >= 0.6 is 0 Å². The second-order valence-electron chi connectivity index (χ2n) is 7.39. The summed E-state index contributed by atoms with van der Waals surface area (Å²) in [6.45, 7) is 10.4. The smallest absolute Gasteiger partial charge is 0.165 e. The minimum absolute atomic E-state index is 0.0156. The molecule has 1 heterocycles. The molecule has 27 heavy (non-hydrogen) atoms. The van der Waals surface area contributed by atoms with Crippen LogP contribution in [0.5, 0.6) is 5.75 Å². The van der Waals surface area contributed by atoms with Gasteiger partial charge in [0.1, 0.15) is 18.1 Å². The predicted molar refractivity (Wildman–Crippen MR) is 106 cm³/mol. The zero-order valence-corrected chi connectivity index (χ0v) is 16.9. The van der Waals surface area contributed by atoms with Gasteiger partial charge in [-0.3, -0.25) is 4.79 Å². The van der Waals surface area contributed by atoms with Crippen LogP contribution in [0.2, 0.25) is 0 Å². The van der Waals surface area contributed by atoms with E-state index in [1.165, 1.54) is 0 Å². The van der Waals surface area contributed by atoms with Gasteiger partial charge in [0.15, 0.2) is 5.78 Å². The number of rotatable bonds is 11. The highest BCUT2D eigenvalue weighted by molar-refractivity contribution is 5.97. The number of carbonyl (C=O) groups excluding carboxylic acids is 1. The SMILES string of the molecule is CC(N)OCCOCCN1CCC(Oc2ccc(C(=O)C(C)C)cc2)CC1. The topological polar surface area (TPSA) is 74.0 Å². The van der Waals surface area contributed by atoms with Crippen LogP contribution in [-0.2, 0) is 9.47 Å². The van der Waals surface area contributed by atoms with Gasteiger partial charge in [0, 0.05) is 31.1 Å². The molecule has 1 aromatic carbocycles. The Balaban J connectivity index is 1.62. The first-order valence-corrected chi connectivity index (χ1v) is 9.94. The standard InChI is InChI=1S/C21H34N2O4/c1-16(2)21(24)18-4-6-19(7-5-18)27-20-8-10-23(11-9-20)12-13-25-14-15-26-17(3)22/h4-7,16-17,20H,8-15,22H2,1-3H3. The molecule has 1 aromatic rings. The van der Waals surface area contributed by atoms with E-state index in [2.05, 4.69) is 4.90 Å². The second kappa shape index (κ2) is 11.4. The highest BCUT2D eigenvalue weighted by Crippen LogP contribution is 2.20. The predicted octanol–water partition coefficient (Wildman–Crippen LogP) is 2.71. The van der Waals surface area contributed by atoms with E-state index in [9.17, 15) is 4.79 Å². The molecule has 0 aromatic heterocycles. The van der Waals surface area contributed by atoms with Crippen LogP contribution in [0.4, 0.5) is 0 Å². The van der Waals surface area contributed by atoms with Crippen LogP contribution in [0.15, 0.2) is 24.3 Å². The van der Waals surface area contributed by atoms with Crippen molar-refractivity contribution in [3.05, 3.63) is 29.8 Å². The molecule has 1 unspecified atom stereocenters. The lowest BCUT2D eigenvalue weighted by Gasteiger charge is -2.32. The number of hydrogen-bond donors (Lipinski definition) is 1. The Kier molecular flexibility index (Phi) is 9.21. The van der Waals surface area contributed by atoms with Gasteiger partial charge in [0.2, 0.25) is 0 Å². The Labute approximate surface area is 163 Å². The van der Waals surface area contributed by atoms with E-state index in [0.29, 0.717) is 19.8 Å². The van der Waals surface area contributed by atoms with E-state index >= 15 is 0 Å². The van der Waals surface area contributed by atoms with E-state index in [1.54, 1.807) is 0 Å². The molecule has 6 nitrogen and oxygen atoms in total. The van der Waals surface area contributed by atoms with E-state index in [-0.39, 0.29) is 24.0 Å². The monoisotopic (exact) mass is 378 g/mol. The van der Waals surface area contributed by atoms with E-state index in [4.69, 9.17) is 19.9 Å². The first-order valence-electron chi connectivity index (χ1n) is 9.94. The molecule has 0 radical (unpaired) electrons. The van der Waals surface area contributed by atoms with Crippen LogP contribution < -0.4 is 10.5 Å². The second-order valence-corrected chi connectivity index (χ2v) is 7.39. The molecule has 0 aliphatic carbocycles. The summed E-state index contributed by atoms with van der Waals surface area (Å²) in [6, 6.07) is 7.53. The summed E-state index contributed by atoms with van der Waals surface area (Å²) < 4.78 is 16.9. The van der Waals surface area contributed by atoms with Gasteiger partial charge in [-0.2, -0.15) is 0 Å². The third-order valence-corrected chi connectivity index (χ3v) is 4.66. The fraction of sp³-hybridized carbons (Fsp3) is 0.667. The summed E-state index contributed by atoms with van der Waals surface area (Å²) >= 11 is 0. The average Bonchev–Trinajstić information content (AvgIpc) is 2.65. The van der Waals surface area contributed by atoms with Crippen molar-refractivity contribution in [2.24, 2.45) is 11.7 Å². The zero-order valence-electron chi connectivity index (χ0n) is 16.9. The molecule has 1 saturated heterocycles. The largest absolute Gasteiger partial charge is 0.490 e. The normalized spacial score (nSPS) is 17.2. The molecule has 1 aliphatic rings. The quantitative estimate of drug-likeness (QED) is 0.363. The number of piperidine rings is 1. The molecular formula is C21H34N2O4. The van der Waals surface area contributed by atoms with Crippen LogP contribution in [0.3, 0.4) is 0 Å². The number of carbonyl (C=O) groups is 1. The summed E-state index contributed by atoms with van der Waals surface area (Å²) in [5, 5.41) is 0. The van der Waals surface area contributed by atoms with E-state index < -0.39 is 0 Å². The molecule has 6 heteroatoms. The van der Waals surface area contributed by atoms with Gasteiger partial charge in [-0.1, -0.05) is 13.8 Å². The average molecular weight is 379 g/mol. The Morgan fingerprint density at radius 1 is 1.11 bits per heavy atom. The molecule has 1 aliphatic heterocycles. The molecule has 0 spiro atoms. The summed E-state index contributed by atoms with van der Waals surface area (Å²) in [5.41, 5.74) is 6.26. The summed E-state index contributed by atoms with van der Waals surface area (Å²) in [7, 11) is 0. The number of hydrogen-bond acceptors (Lipinski definition) is 6. The zero-order chi connectivity index (χ0) is 19.6. The third kappa shape index (κ3) is 7.97. The Bertz CT molecular complexity index is 552. The third-order valence-electron chi connectivity index (χ3n) is 4.66. The van der Waals surface area contributed by atoms with Crippen molar-refractivity contribution in [1.29, 1.82) is 0 Å². The number of benzene rings is 1. The Hall–Kier alpha value is -1.47. The lowest BCUT2D eigenvalue weighted by atomic mass is 10.0. The molecule has 2 N–H and O–H groups in total. The number of ketones is 1. The van der Waals surface area contributed by atoms with Crippen molar-refractivity contribution in [3.8, 4) is 5.75 Å². The van der Waals surface area contributed by atoms with E-state index in [0.717, 1.165) is 43.8 Å². The Morgan fingerprint density at radius 3 is 2.37 bits per heavy atom. The summed E-state index contributed by atoms with van der Waals surface area (Å²) in [6.07, 6.45) is 1.99. The minimum atomic E-state index is -0.237. The van der Waals surface area contributed by atoms with Crippen molar-refractivity contribution in [2.45, 2.75) is 45.9 Å². The van der Waals surface area contributed by atoms with Crippen LogP contribution in [0, 0.1) is 5.92 Å². The fourth-order valence-corrected chi connectivity index (χ4v) is 3.06. The molecular weight excluding hydrogens is 344 g/mol. The Morgan fingerprint density at radius 2 is 1.78 bits per heavy atom. The van der Waals surface area contributed by atoms with E-state index in [1.807, 2.05) is 45.0 Å². The van der Waals surface area contributed by atoms with Gasteiger partial charge >= 0.3 is 0 Å². The van der Waals surface area contributed by atoms with Gasteiger partial charge in [-0.05, 0) is 44.0 Å². The lowest BCUT2D eigenvalue weighted by molar-refractivity contribution is 0.00599. The van der Waals surface area contributed by atoms with Crippen molar-refractivity contribution in [2.75, 3.05) is 39.5 Å². The van der Waals surface area contributed by atoms with Crippen LogP contribution in [0.1, 0.15) is 44.0 Å². The molecule has 152 valence electrons. The molecule has 0 amide bonds. The number of ether oxygens (including phenoxy) is 3. The number of nitrogens with two attached hydrogens (primary N) is 1. The molecule has 2 rings (SSSR count). The van der Waals surface area contributed by atoms with Crippen molar-refractivity contribution >= 4 is 5.78 Å². The summed E-state index contributed by atoms with van der Waals surface area (Å²) in [4.78, 5) is 14.4. The maximum atomic E-state index is 12.0.